The predicted molar refractivity (Wildman–Crippen MR) is 107 cm³/mol. The van der Waals surface area contributed by atoms with E-state index in [9.17, 15) is 9.18 Å². The number of hydrogen-bond acceptors (Lipinski definition) is 7. The van der Waals surface area contributed by atoms with Crippen molar-refractivity contribution < 1.29 is 14.0 Å². The Bertz CT molecular complexity index is 1190. The van der Waals surface area contributed by atoms with Crippen LogP contribution in [0.15, 0.2) is 63.0 Å². The van der Waals surface area contributed by atoms with Crippen LogP contribution in [0.3, 0.4) is 0 Å². The lowest BCUT2D eigenvalue weighted by atomic mass is 10.2. The van der Waals surface area contributed by atoms with Crippen molar-refractivity contribution in [3.05, 3.63) is 70.6 Å². The molecule has 0 saturated heterocycles. The number of thioether (sulfide) groups is 1. The number of hydrogen-bond donors (Lipinski definition) is 1. The fraction of sp³-hybridized carbons (Fsp3) is 0.200. The molecule has 2 aromatic heterocycles. The van der Waals surface area contributed by atoms with Crippen LogP contribution in [-0.4, -0.2) is 31.4 Å². The van der Waals surface area contributed by atoms with E-state index in [-0.39, 0.29) is 18.0 Å². The molecule has 0 radical (unpaired) electrons. The van der Waals surface area contributed by atoms with Gasteiger partial charge in [0.05, 0.1) is 16.7 Å². The van der Waals surface area contributed by atoms with E-state index < -0.39 is 0 Å². The number of fused-ring (bicyclic) bond motifs is 1. The van der Waals surface area contributed by atoms with Crippen LogP contribution in [-0.2, 0) is 12.3 Å². The second kappa shape index (κ2) is 8.54. The molecule has 0 fully saturated rings. The second-order valence-corrected chi connectivity index (χ2v) is 7.20. The maximum Gasteiger partial charge on any atom is 0.262 e. The van der Waals surface area contributed by atoms with Gasteiger partial charge in [-0.05, 0) is 42.8 Å². The van der Waals surface area contributed by atoms with Gasteiger partial charge < -0.3 is 9.63 Å². The first-order chi connectivity index (χ1) is 14.2. The first kappa shape index (κ1) is 19.3. The van der Waals surface area contributed by atoms with Gasteiger partial charge in [0, 0.05) is 18.7 Å². The summed E-state index contributed by atoms with van der Waals surface area (Å²) in [4.78, 5) is 21.7. The zero-order valence-corrected chi connectivity index (χ0v) is 16.1. The first-order valence-corrected chi connectivity index (χ1v) is 9.96. The highest BCUT2D eigenvalue weighted by Crippen LogP contribution is 2.23. The van der Waals surface area contributed by atoms with E-state index in [0.29, 0.717) is 52.1 Å². The van der Waals surface area contributed by atoms with Gasteiger partial charge in [0.1, 0.15) is 5.82 Å². The van der Waals surface area contributed by atoms with Crippen molar-refractivity contribution in [1.29, 1.82) is 0 Å². The van der Waals surface area contributed by atoms with E-state index in [0.717, 1.165) is 0 Å². The third-order valence-electron chi connectivity index (χ3n) is 4.26. The molecule has 0 unspecified atom stereocenters. The average Bonchev–Trinajstić information content (AvgIpc) is 3.21. The third-order valence-corrected chi connectivity index (χ3v) is 5.22. The number of para-hydroxylation sites is 1. The molecule has 1 N–H and O–H groups in total. The van der Waals surface area contributed by atoms with Gasteiger partial charge in [-0.15, -0.1) is 0 Å². The molecule has 0 saturated carbocycles. The molecule has 0 aliphatic heterocycles. The average molecular weight is 412 g/mol. The largest absolute Gasteiger partial charge is 0.396 e. The Kier molecular flexibility index (Phi) is 5.68. The van der Waals surface area contributed by atoms with Crippen LogP contribution in [0, 0.1) is 5.82 Å². The minimum Gasteiger partial charge on any atom is -0.396 e. The number of aliphatic hydroxyl groups excluding tert-OH is 1. The van der Waals surface area contributed by atoms with Gasteiger partial charge in [-0.25, -0.2) is 9.37 Å². The van der Waals surface area contributed by atoms with Crippen LogP contribution in [0.5, 0.6) is 0 Å². The Labute approximate surface area is 169 Å². The van der Waals surface area contributed by atoms with Crippen molar-refractivity contribution in [2.75, 3.05) is 6.61 Å². The van der Waals surface area contributed by atoms with Crippen molar-refractivity contribution in [3.63, 3.8) is 0 Å². The summed E-state index contributed by atoms with van der Waals surface area (Å²) >= 11 is 1.30. The summed E-state index contributed by atoms with van der Waals surface area (Å²) < 4.78 is 19.9. The zero-order chi connectivity index (χ0) is 20.2. The second-order valence-electron chi connectivity index (χ2n) is 6.25. The maximum absolute atomic E-state index is 13.1. The van der Waals surface area contributed by atoms with Crippen LogP contribution in [0.2, 0.25) is 0 Å². The van der Waals surface area contributed by atoms with Crippen LogP contribution >= 0.6 is 11.8 Å². The van der Waals surface area contributed by atoms with Crippen LogP contribution in [0.1, 0.15) is 12.3 Å². The molecule has 2 heterocycles. The Morgan fingerprint density at radius 1 is 1.10 bits per heavy atom. The van der Waals surface area contributed by atoms with E-state index in [1.807, 2.05) is 6.07 Å². The number of nitrogens with zero attached hydrogens (tertiary/aromatic N) is 4. The molecule has 4 aromatic rings. The Hall–Kier alpha value is -3.04. The zero-order valence-electron chi connectivity index (χ0n) is 15.3. The molecule has 0 aliphatic rings. The lowest BCUT2D eigenvalue weighted by molar-refractivity contribution is 0.276. The lowest BCUT2D eigenvalue weighted by Gasteiger charge is -2.11. The highest BCUT2D eigenvalue weighted by molar-refractivity contribution is 7.98. The number of aliphatic hydroxyl groups is 1. The first-order valence-electron chi connectivity index (χ1n) is 8.97. The van der Waals surface area contributed by atoms with E-state index in [1.54, 1.807) is 34.9 Å². The maximum atomic E-state index is 13.1. The van der Waals surface area contributed by atoms with Gasteiger partial charge in [0.25, 0.3) is 5.56 Å². The van der Waals surface area contributed by atoms with Crippen LogP contribution in [0.25, 0.3) is 22.3 Å². The summed E-state index contributed by atoms with van der Waals surface area (Å²) in [6.45, 7) is 0.341. The van der Waals surface area contributed by atoms with Crippen molar-refractivity contribution in [1.82, 2.24) is 19.7 Å². The van der Waals surface area contributed by atoms with Gasteiger partial charge in [-0.3, -0.25) is 9.36 Å². The molecule has 4 rings (SSSR count). The molecule has 0 spiro atoms. The van der Waals surface area contributed by atoms with Crippen molar-refractivity contribution >= 4 is 22.7 Å². The minimum atomic E-state index is -0.337. The summed E-state index contributed by atoms with van der Waals surface area (Å²) in [5.74, 6) is 0.712. The van der Waals surface area contributed by atoms with Gasteiger partial charge in [0.2, 0.25) is 11.7 Å². The van der Waals surface area contributed by atoms with E-state index >= 15 is 0 Å². The Morgan fingerprint density at radius 3 is 2.69 bits per heavy atom. The van der Waals surface area contributed by atoms with E-state index in [2.05, 4.69) is 15.1 Å². The molecule has 0 amide bonds. The van der Waals surface area contributed by atoms with Gasteiger partial charge >= 0.3 is 0 Å². The van der Waals surface area contributed by atoms with E-state index in [4.69, 9.17) is 9.63 Å². The molecule has 148 valence electrons. The Morgan fingerprint density at radius 2 is 1.90 bits per heavy atom. The van der Waals surface area contributed by atoms with Crippen molar-refractivity contribution in [2.45, 2.75) is 23.9 Å². The molecule has 0 bridgehead atoms. The quantitative estimate of drug-likeness (QED) is 0.368. The smallest absolute Gasteiger partial charge is 0.262 e. The summed E-state index contributed by atoms with van der Waals surface area (Å²) in [5.41, 5.74) is 1.11. The van der Waals surface area contributed by atoms with Gasteiger partial charge in [-0.2, -0.15) is 4.98 Å². The highest BCUT2D eigenvalue weighted by atomic mass is 32.2. The molecular formula is C20H17FN4O3S. The fourth-order valence-corrected chi connectivity index (χ4v) is 3.70. The normalized spacial score (nSPS) is 11.2. The Balaban J connectivity index is 1.59. The number of halogens is 1. The lowest BCUT2D eigenvalue weighted by Crippen LogP contribution is -2.24. The molecule has 9 heteroatoms. The molecule has 29 heavy (non-hydrogen) atoms. The summed E-state index contributed by atoms with van der Waals surface area (Å²) in [6, 6.07) is 13.0. The van der Waals surface area contributed by atoms with Crippen LogP contribution in [0.4, 0.5) is 4.39 Å². The summed E-state index contributed by atoms with van der Waals surface area (Å²) in [7, 11) is 0. The number of benzene rings is 2. The molecule has 0 aliphatic carbocycles. The molecule has 7 nitrogen and oxygen atoms in total. The fourth-order valence-electron chi connectivity index (χ4n) is 2.84. The van der Waals surface area contributed by atoms with Crippen molar-refractivity contribution in [2.24, 2.45) is 0 Å². The molecular weight excluding hydrogens is 395 g/mol. The van der Waals surface area contributed by atoms with Gasteiger partial charge in [0.15, 0.2) is 5.16 Å². The third kappa shape index (κ3) is 4.20. The SMILES string of the molecule is O=c1c2ccccc2nc(SCc2nc(-c3ccc(F)cc3)no2)n1CCCO. The summed E-state index contributed by atoms with van der Waals surface area (Å²) in [6.07, 6.45) is 0.447. The van der Waals surface area contributed by atoms with Crippen LogP contribution < -0.4 is 5.56 Å². The topological polar surface area (TPSA) is 94.0 Å². The number of aromatic nitrogens is 4. The number of rotatable bonds is 7. The monoisotopic (exact) mass is 412 g/mol. The molecule has 2 aromatic carbocycles. The van der Waals surface area contributed by atoms with Gasteiger partial charge in [-0.1, -0.05) is 29.1 Å². The highest BCUT2D eigenvalue weighted by Gasteiger charge is 2.14. The predicted octanol–water partition coefficient (Wildman–Crippen LogP) is 3.26. The standard InChI is InChI=1S/C20H17FN4O3S/c21-14-8-6-13(7-9-14)18-23-17(28-24-18)12-29-20-22-16-5-2-1-4-15(16)19(27)25(20)10-3-11-26/h1-2,4-9,26H,3,10-12H2. The van der Waals surface area contributed by atoms with Crippen molar-refractivity contribution in [3.8, 4) is 11.4 Å². The molecule has 0 atom stereocenters. The summed E-state index contributed by atoms with van der Waals surface area (Å²) in [5, 5.41) is 14.1. The van der Waals surface area contributed by atoms with E-state index in [1.165, 1.54) is 23.9 Å². The minimum absolute atomic E-state index is 0.0198.